The summed E-state index contributed by atoms with van der Waals surface area (Å²) in [6.07, 6.45) is -4.55. The van der Waals surface area contributed by atoms with Gasteiger partial charge in [0.2, 0.25) is 5.91 Å². The van der Waals surface area contributed by atoms with E-state index in [9.17, 15) is 22.4 Å². The van der Waals surface area contributed by atoms with Crippen LogP contribution >= 0.6 is 0 Å². The van der Waals surface area contributed by atoms with Crippen LogP contribution in [0.5, 0.6) is 5.75 Å². The molecule has 3 N–H and O–H groups in total. The average molecular weight is 280 g/mol. The van der Waals surface area contributed by atoms with E-state index < -0.39 is 24.5 Å². The molecule has 1 rings (SSSR count). The van der Waals surface area contributed by atoms with Gasteiger partial charge in [-0.25, -0.2) is 4.39 Å². The molecule has 0 bridgehead atoms. The molecule has 106 valence electrons. The van der Waals surface area contributed by atoms with Gasteiger partial charge in [0.05, 0.1) is 5.69 Å². The highest BCUT2D eigenvalue weighted by Crippen LogP contribution is 2.27. The number of hydrogen-bond acceptors (Lipinski definition) is 3. The maximum atomic E-state index is 13.0. The van der Waals surface area contributed by atoms with Crippen LogP contribution in [0.1, 0.15) is 6.42 Å². The number of nitrogens with one attached hydrogen (secondary N) is 1. The number of rotatable bonds is 5. The molecule has 0 aliphatic rings. The Morgan fingerprint density at radius 3 is 2.63 bits per heavy atom. The van der Waals surface area contributed by atoms with E-state index in [1.54, 1.807) is 0 Å². The zero-order valence-corrected chi connectivity index (χ0v) is 9.76. The van der Waals surface area contributed by atoms with Gasteiger partial charge in [-0.15, -0.1) is 0 Å². The van der Waals surface area contributed by atoms with E-state index in [0.717, 1.165) is 18.2 Å². The molecule has 0 aliphatic heterocycles. The normalized spacial score (nSPS) is 11.2. The van der Waals surface area contributed by atoms with E-state index in [1.807, 2.05) is 0 Å². The van der Waals surface area contributed by atoms with Crippen LogP contribution in [0.4, 0.5) is 23.2 Å². The lowest BCUT2D eigenvalue weighted by molar-refractivity contribution is -0.153. The van der Waals surface area contributed by atoms with Crippen LogP contribution < -0.4 is 15.8 Å². The van der Waals surface area contributed by atoms with Crippen LogP contribution in [-0.2, 0) is 4.79 Å². The summed E-state index contributed by atoms with van der Waals surface area (Å²) >= 11 is 0. The molecule has 0 aromatic heterocycles. The molecule has 0 atom stereocenters. The van der Waals surface area contributed by atoms with Crippen LogP contribution in [0, 0.1) is 5.82 Å². The van der Waals surface area contributed by atoms with Gasteiger partial charge in [0.25, 0.3) is 0 Å². The monoisotopic (exact) mass is 280 g/mol. The standard InChI is InChI=1S/C11H12F4N2O2/c12-7-1-2-9(19-6-11(13,14)15)8(5-7)17-10(18)3-4-16/h1-2,5H,3-4,6,16H2,(H,17,18). The number of benzene rings is 1. The van der Waals surface area contributed by atoms with E-state index in [1.165, 1.54) is 0 Å². The van der Waals surface area contributed by atoms with Gasteiger partial charge in [-0.2, -0.15) is 13.2 Å². The molecule has 1 aromatic rings. The van der Waals surface area contributed by atoms with Gasteiger partial charge in [0.15, 0.2) is 6.61 Å². The van der Waals surface area contributed by atoms with Crippen molar-refractivity contribution in [2.75, 3.05) is 18.5 Å². The number of hydrogen-bond donors (Lipinski definition) is 2. The SMILES string of the molecule is NCCC(=O)Nc1cc(F)ccc1OCC(F)(F)F. The van der Waals surface area contributed by atoms with E-state index in [-0.39, 0.29) is 24.4 Å². The average Bonchev–Trinajstić information content (AvgIpc) is 2.27. The lowest BCUT2D eigenvalue weighted by Gasteiger charge is -2.13. The second-order valence-corrected chi connectivity index (χ2v) is 3.63. The minimum Gasteiger partial charge on any atom is -0.482 e. The smallest absolute Gasteiger partial charge is 0.422 e. The van der Waals surface area contributed by atoms with Gasteiger partial charge in [0.1, 0.15) is 11.6 Å². The van der Waals surface area contributed by atoms with Crippen molar-refractivity contribution in [3.05, 3.63) is 24.0 Å². The zero-order chi connectivity index (χ0) is 14.5. The first-order valence-corrected chi connectivity index (χ1v) is 5.31. The third-order valence-corrected chi connectivity index (χ3v) is 1.98. The van der Waals surface area contributed by atoms with Gasteiger partial charge < -0.3 is 15.8 Å². The first-order chi connectivity index (χ1) is 8.81. The fourth-order valence-corrected chi connectivity index (χ4v) is 1.23. The number of carbonyl (C=O) groups is 1. The van der Waals surface area contributed by atoms with Crippen molar-refractivity contribution < 1.29 is 27.1 Å². The predicted octanol–water partition coefficient (Wildman–Crippen LogP) is 2.05. The number of nitrogens with two attached hydrogens (primary N) is 1. The summed E-state index contributed by atoms with van der Waals surface area (Å²) in [4.78, 5) is 11.3. The number of anilines is 1. The molecular weight excluding hydrogens is 268 g/mol. The topological polar surface area (TPSA) is 64.4 Å². The Morgan fingerprint density at radius 2 is 2.05 bits per heavy atom. The van der Waals surface area contributed by atoms with Gasteiger partial charge >= 0.3 is 6.18 Å². The number of halogens is 4. The summed E-state index contributed by atoms with van der Waals surface area (Å²) in [6.45, 7) is -1.46. The third-order valence-electron chi connectivity index (χ3n) is 1.98. The Kier molecular flexibility index (Phi) is 5.11. The molecule has 1 aromatic carbocycles. The molecule has 0 heterocycles. The van der Waals surface area contributed by atoms with Crippen molar-refractivity contribution in [2.45, 2.75) is 12.6 Å². The van der Waals surface area contributed by atoms with Crippen molar-refractivity contribution in [2.24, 2.45) is 5.73 Å². The summed E-state index contributed by atoms with van der Waals surface area (Å²) in [5.74, 6) is -1.50. The molecular formula is C11H12F4N2O2. The van der Waals surface area contributed by atoms with Crippen LogP contribution in [-0.4, -0.2) is 25.2 Å². The predicted molar refractivity (Wildman–Crippen MR) is 60.3 cm³/mol. The second-order valence-electron chi connectivity index (χ2n) is 3.63. The van der Waals surface area contributed by atoms with Gasteiger partial charge in [0, 0.05) is 19.0 Å². The van der Waals surface area contributed by atoms with E-state index in [2.05, 4.69) is 10.1 Å². The van der Waals surface area contributed by atoms with Gasteiger partial charge in [-0.1, -0.05) is 0 Å². The molecule has 1 amide bonds. The highest BCUT2D eigenvalue weighted by molar-refractivity contribution is 5.92. The fourth-order valence-electron chi connectivity index (χ4n) is 1.23. The van der Waals surface area contributed by atoms with Crippen LogP contribution in [0.2, 0.25) is 0 Å². The molecule has 0 saturated heterocycles. The molecule has 0 spiro atoms. The Hall–Kier alpha value is -1.83. The molecule has 4 nitrogen and oxygen atoms in total. The number of carbonyl (C=O) groups excluding carboxylic acids is 1. The second kappa shape index (κ2) is 6.37. The van der Waals surface area contributed by atoms with Crippen LogP contribution in [0.25, 0.3) is 0 Å². The van der Waals surface area contributed by atoms with Crippen LogP contribution in [0.3, 0.4) is 0 Å². The van der Waals surface area contributed by atoms with E-state index in [4.69, 9.17) is 5.73 Å². The first kappa shape index (κ1) is 15.2. The minimum atomic E-state index is -4.52. The number of amides is 1. The Labute approximate surface area is 106 Å². The summed E-state index contributed by atoms with van der Waals surface area (Å²) in [5.41, 5.74) is 4.99. The molecule has 0 fully saturated rings. The van der Waals surface area contributed by atoms with Crippen molar-refractivity contribution in [3.8, 4) is 5.75 Å². The van der Waals surface area contributed by atoms with Crippen molar-refractivity contribution in [3.63, 3.8) is 0 Å². The molecule has 19 heavy (non-hydrogen) atoms. The van der Waals surface area contributed by atoms with Crippen molar-refractivity contribution in [1.29, 1.82) is 0 Å². The summed E-state index contributed by atoms with van der Waals surface area (Å²) in [7, 11) is 0. The van der Waals surface area contributed by atoms with Crippen LogP contribution in [0.15, 0.2) is 18.2 Å². The third kappa shape index (κ3) is 5.56. The maximum Gasteiger partial charge on any atom is 0.422 e. The molecule has 0 saturated carbocycles. The Morgan fingerprint density at radius 1 is 1.37 bits per heavy atom. The lowest BCUT2D eigenvalue weighted by atomic mass is 10.2. The zero-order valence-electron chi connectivity index (χ0n) is 9.76. The van der Waals surface area contributed by atoms with E-state index in [0.29, 0.717) is 0 Å². The Balaban J connectivity index is 2.82. The number of ether oxygens (including phenoxy) is 1. The summed E-state index contributed by atoms with van der Waals surface area (Å²) < 4.78 is 53.6. The van der Waals surface area contributed by atoms with Gasteiger partial charge in [-0.05, 0) is 12.1 Å². The molecule has 8 heteroatoms. The fraction of sp³-hybridized carbons (Fsp3) is 0.364. The summed E-state index contributed by atoms with van der Waals surface area (Å²) in [5, 5.41) is 2.24. The van der Waals surface area contributed by atoms with Gasteiger partial charge in [-0.3, -0.25) is 4.79 Å². The molecule has 0 radical (unpaired) electrons. The minimum absolute atomic E-state index is 0.0325. The molecule has 0 aliphatic carbocycles. The van der Waals surface area contributed by atoms with Crippen molar-refractivity contribution in [1.82, 2.24) is 0 Å². The Bertz CT molecular complexity index is 449. The highest BCUT2D eigenvalue weighted by atomic mass is 19.4. The maximum absolute atomic E-state index is 13.0. The molecule has 0 unspecified atom stereocenters. The first-order valence-electron chi connectivity index (χ1n) is 5.31. The quantitative estimate of drug-likeness (QED) is 0.811. The van der Waals surface area contributed by atoms with E-state index >= 15 is 0 Å². The van der Waals surface area contributed by atoms with Crippen molar-refractivity contribution >= 4 is 11.6 Å². The largest absolute Gasteiger partial charge is 0.482 e. The number of alkyl halides is 3. The summed E-state index contributed by atoms with van der Waals surface area (Å²) in [6, 6.07) is 2.82. The lowest BCUT2D eigenvalue weighted by Crippen LogP contribution is -2.21. The highest BCUT2D eigenvalue weighted by Gasteiger charge is 2.29.